The summed E-state index contributed by atoms with van der Waals surface area (Å²) in [4.78, 5) is 13.3. The maximum absolute atomic E-state index is 11.4. The van der Waals surface area contributed by atoms with Crippen LogP contribution in [0.5, 0.6) is 0 Å². The lowest BCUT2D eigenvalue weighted by Crippen LogP contribution is -2.50. The smallest absolute Gasteiger partial charge is 0.410 e. The summed E-state index contributed by atoms with van der Waals surface area (Å²) in [5.74, 6) is 0. The van der Waals surface area contributed by atoms with Gasteiger partial charge in [-0.15, -0.1) is 0 Å². The van der Waals surface area contributed by atoms with E-state index < -0.39 is 0 Å². The van der Waals surface area contributed by atoms with E-state index in [4.69, 9.17) is 4.74 Å². The molecule has 0 unspecified atom stereocenters. The van der Waals surface area contributed by atoms with Crippen molar-refractivity contribution in [2.75, 3.05) is 6.61 Å². The first kappa shape index (κ1) is 7.90. The van der Waals surface area contributed by atoms with E-state index in [1.54, 1.807) is 0 Å². The standard InChI is InChI=1S/C9H15NO2/c1-7(2)10-8(11)12-6-5-9(10)3-4-9/h7H,3-6H2,1-2H3. The van der Waals surface area contributed by atoms with Crippen LogP contribution >= 0.6 is 0 Å². The molecule has 2 rings (SSSR count). The number of rotatable bonds is 1. The predicted octanol–water partition coefficient (Wildman–Crippen LogP) is 1.77. The number of amides is 1. The molecule has 0 atom stereocenters. The molecule has 1 aliphatic carbocycles. The van der Waals surface area contributed by atoms with Crippen LogP contribution in [0.25, 0.3) is 0 Å². The number of carbonyl (C=O) groups is 1. The molecule has 1 heterocycles. The largest absolute Gasteiger partial charge is 0.449 e. The fourth-order valence-corrected chi connectivity index (χ4v) is 2.11. The number of hydrogen-bond acceptors (Lipinski definition) is 2. The number of nitrogens with zero attached hydrogens (tertiary/aromatic N) is 1. The van der Waals surface area contributed by atoms with Crippen molar-refractivity contribution in [3.8, 4) is 0 Å². The molecule has 2 fully saturated rings. The van der Waals surface area contributed by atoms with Gasteiger partial charge in [-0.2, -0.15) is 0 Å². The molecule has 0 bridgehead atoms. The highest BCUT2D eigenvalue weighted by molar-refractivity contribution is 5.70. The summed E-state index contributed by atoms with van der Waals surface area (Å²) in [6.45, 7) is 4.71. The number of hydrogen-bond donors (Lipinski definition) is 0. The van der Waals surface area contributed by atoms with E-state index in [2.05, 4.69) is 0 Å². The van der Waals surface area contributed by atoms with Crippen LogP contribution in [0, 0.1) is 0 Å². The number of ether oxygens (including phenoxy) is 1. The minimum atomic E-state index is -0.117. The SMILES string of the molecule is CC(C)N1C(=O)OCCC12CC2. The molecule has 0 aromatic carbocycles. The van der Waals surface area contributed by atoms with Gasteiger partial charge in [0.15, 0.2) is 0 Å². The van der Waals surface area contributed by atoms with Gasteiger partial charge in [-0.05, 0) is 26.7 Å². The van der Waals surface area contributed by atoms with E-state index in [-0.39, 0.29) is 17.7 Å². The predicted molar refractivity (Wildman–Crippen MR) is 44.9 cm³/mol. The van der Waals surface area contributed by atoms with Crippen LogP contribution in [0.15, 0.2) is 0 Å². The summed E-state index contributed by atoms with van der Waals surface area (Å²) >= 11 is 0. The Bertz CT molecular complexity index is 209. The second-order valence-electron chi connectivity index (χ2n) is 4.05. The van der Waals surface area contributed by atoms with Crippen LogP contribution in [-0.4, -0.2) is 29.2 Å². The minimum Gasteiger partial charge on any atom is -0.449 e. The molecule has 2 aliphatic rings. The maximum Gasteiger partial charge on any atom is 0.410 e. The summed E-state index contributed by atoms with van der Waals surface area (Å²) in [5, 5.41) is 0. The van der Waals surface area contributed by atoms with E-state index in [1.807, 2.05) is 18.7 Å². The van der Waals surface area contributed by atoms with Crippen LogP contribution in [0.1, 0.15) is 33.1 Å². The molecule has 3 heteroatoms. The van der Waals surface area contributed by atoms with Crippen LogP contribution < -0.4 is 0 Å². The van der Waals surface area contributed by atoms with E-state index in [0.717, 1.165) is 6.42 Å². The molecule has 0 N–H and O–H groups in total. The first-order valence-electron chi connectivity index (χ1n) is 4.62. The lowest BCUT2D eigenvalue weighted by atomic mass is 10.1. The highest BCUT2D eigenvalue weighted by Gasteiger charge is 2.53. The Balaban J connectivity index is 2.18. The van der Waals surface area contributed by atoms with Crippen LogP contribution in [-0.2, 0) is 4.74 Å². The zero-order valence-corrected chi connectivity index (χ0v) is 7.67. The molecule has 0 aromatic rings. The molecule has 12 heavy (non-hydrogen) atoms. The molecule has 3 nitrogen and oxygen atoms in total. The third-order valence-corrected chi connectivity index (χ3v) is 2.84. The second-order valence-corrected chi connectivity index (χ2v) is 4.05. The molecule has 1 aliphatic heterocycles. The Morgan fingerprint density at radius 3 is 2.50 bits per heavy atom. The molecule has 1 amide bonds. The van der Waals surface area contributed by atoms with E-state index in [9.17, 15) is 4.79 Å². The molecule has 0 radical (unpaired) electrons. The topological polar surface area (TPSA) is 29.5 Å². The van der Waals surface area contributed by atoms with Crippen molar-refractivity contribution in [1.82, 2.24) is 4.90 Å². The van der Waals surface area contributed by atoms with E-state index in [1.165, 1.54) is 12.8 Å². The third kappa shape index (κ3) is 0.993. The zero-order valence-electron chi connectivity index (χ0n) is 7.67. The Labute approximate surface area is 72.7 Å². The van der Waals surface area contributed by atoms with Gasteiger partial charge < -0.3 is 4.74 Å². The zero-order chi connectivity index (χ0) is 8.77. The average Bonchev–Trinajstić information content (AvgIpc) is 2.68. The van der Waals surface area contributed by atoms with Crippen LogP contribution in [0.3, 0.4) is 0 Å². The Hall–Kier alpha value is -0.730. The maximum atomic E-state index is 11.4. The minimum absolute atomic E-state index is 0.117. The fourth-order valence-electron chi connectivity index (χ4n) is 2.11. The van der Waals surface area contributed by atoms with Crippen LogP contribution in [0.2, 0.25) is 0 Å². The summed E-state index contributed by atoms with van der Waals surface area (Å²) in [5.41, 5.74) is 0.198. The van der Waals surface area contributed by atoms with Gasteiger partial charge in [-0.25, -0.2) is 4.79 Å². The lowest BCUT2D eigenvalue weighted by Gasteiger charge is -2.38. The number of cyclic esters (lactones) is 1. The van der Waals surface area contributed by atoms with Crippen molar-refractivity contribution in [3.05, 3.63) is 0 Å². The highest BCUT2D eigenvalue weighted by Crippen LogP contribution is 2.47. The Morgan fingerprint density at radius 2 is 2.08 bits per heavy atom. The van der Waals surface area contributed by atoms with Gasteiger partial charge in [0.1, 0.15) is 0 Å². The van der Waals surface area contributed by atoms with Crippen molar-refractivity contribution >= 4 is 6.09 Å². The number of carbonyl (C=O) groups excluding carboxylic acids is 1. The molecule has 1 saturated heterocycles. The van der Waals surface area contributed by atoms with Crippen LogP contribution in [0.4, 0.5) is 4.79 Å². The Morgan fingerprint density at radius 1 is 1.42 bits per heavy atom. The molecule has 1 spiro atoms. The Kier molecular flexibility index (Phi) is 1.56. The molecule has 1 saturated carbocycles. The van der Waals surface area contributed by atoms with Gasteiger partial charge in [0.2, 0.25) is 0 Å². The van der Waals surface area contributed by atoms with Gasteiger partial charge in [0.25, 0.3) is 0 Å². The molecular formula is C9H15NO2. The summed E-state index contributed by atoms with van der Waals surface area (Å²) in [6.07, 6.45) is 3.24. The third-order valence-electron chi connectivity index (χ3n) is 2.84. The van der Waals surface area contributed by atoms with Gasteiger partial charge in [0.05, 0.1) is 6.61 Å². The van der Waals surface area contributed by atoms with Crippen molar-refractivity contribution in [2.24, 2.45) is 0 Å². The van der Waals surface area contributed by atoms with E-state index >= 15 is 0 Å². The van der Waals surface area contributed by atoms with Gasteiger partial charge in [0, 0.05) is 18.0 Å². The second kappa shape index (κ2) is 2.38. The quantitative estimate of drug-likeness (QED) is 0.598. The molecule has 68 valence electrons. The van der Waals surface area contributed by atoms with Gasteiger partial charge in [-0.1, -0.05) is 0 Å². The van der Waals surface area contributed by atoms with Crippen molar-refractivity contribution < 1.29 is 9.53 Å². The average molecular weight is 169 g/mol. The van der Waals surface area contributed by atoms with Gasteiger partial charge >= 0.3 is 6.09 Å². The lowest BCUT2D eigenvalue weighted by molar-refractivity contribution is 0.0214. The highest BCUT2D eigenvalue weighted by atomic mass is 16.6. The summed E-state index contributed by atoms with van der Waals surface area (Å²) in [7, 11) is 0. The van der Waals surface area contributed by atoms with Gasteiger partial charge in [-0.3, -0.25) is 4.90 Å². The fraction of sp³-hybridized carbons (Fsp3) is 0.889. The van der Waals surface area contributed by atoms with Crippen molar-refractivity contribution in [3.63, 3.8) is 0 Å². The summed E-state index contributed by atoms with van der Waals surface area (Å²) < 4.78 is 5.01. The normalized spacial score (nSPS) is 26.2. The van der Waals surface area contributed by atoms with E-state index in [0.29, 0.717) is 6.61 Å². The monoisotopic (exact) mass is 169 g/mol. The first-order chi connectivity index (χ1) is 5.66. The van der Waals surface area contributed by atoms with Crippen molar-refractivity contribution in [2.45, 2.75) is 44.7 Å². The van der Waals surface area contributed by atoms with Crippen molar-refractivity contribution in [1.29, 1.82) is 0 Å². The summed E-state index contributed by atoms with van der Waals surface area (Å²) in [6, 6.07) is 0.278. The molecular weight excluding hydrogens is 154 g/mol. The molecule has 0 aromatic heterocycles. The first-order valence-corrected chi connectivity index (χ1v) is 4.62.